The van der Waals surface area contributed by atoms with E-state index in [-0.39, 0.29) is 5.91 Å². The van der Waals surface area contributed by atoms with Crippen molar-refractivity contribution in [2.75, 3.05) is 32.7 Å². The van der Waals surface area contributed by atoms with Crippen molar-refractivity contribution in [2.24, 2.45) is 0 Å². The van der Waals surface area contributed by atoms with Crippen molar-refractivity contribution < 1.29 is 9.21 Å². The van der Waals surface area contributed by atoms with Gasteiger partial charge in [-0.3, -0.25) is 9.69 Å². The first-order chi connectivity index (χ1) is 11.2. The smallest absolute Gasteiger partial charge is 0.289 e. The first kappa shape index (κ1) is 15.6. The Hall–Kier alpha value is -2.33. The molecule has 0 saturated carbocycles. The quantitative estimate of drug-likeness (QED) is 0.871. The maximum Gasteiger partial charge on any atom is 0.289 e. The van der Waals surface area contributed by atoms with Crippen molar-refractivity contribution in [2.45, 2.75) is 6.92 Å². The van der Waals surface area contributed by atoms with Gasteiger partial charge in [-0.25, -0.2) is 0 Å². The summed E-state index contributed by atoms with van der Waals surface area (Å²) in [6.07, 6.45) is 4.33. The van der Waals surface area contributed by atoms with Crippen molar-refractivity contribution in [3.63, 3.8) is 0 Å². The predicted molar refractivity (Wildman–Crippen MR) is 91.3 cm³/mol. The molecule has 1 fully saturated rings. The van der Waals surface area contributed by atoms with Crippen LogP contribution in [0.25, 0.3) is 6.08 Å². The molecule has 4 heteroatoms. The standard InChI is InChI=1S/C19H22N2O2/c1-16-9-10-18(23-16)19(22)21-14-12-20(13-15-21)11-5-8-17-6-3-2-4-7-17/h2-10H,11-15H2,1H3/b8-5+. The average molecular weight is 310 g/mol. The maximum atomic E-state index is 12.3. The van der Waals surface area contributed by atoms with Gasteiger partial charge in [0.1, 0.15) is 5.76 Å². The minimum absolute atomic E-state index is 0.00224. The molecule has 0 N–H and O–H groups in total. The zero-order chi connectivity index (χ0) is 16.1. The SMILES string of the molecule is Cc1ccc(C(=O)N2CCN(C/C=C/c3ccccc3)CC2)o1. The third-order valence-electron chi connectivity index (χ3n) is 4.08. The number of furan rings is 1. The van der Waals surface area contributed by atoms with Gasteiger partial charge in [0.25, 0.3) is 5.91 Å². The number of amides is 1. The summed E-state index contributed by atoms with van der Waals surface area (Å²) in [5, 5.41) is 0. The van der Waals surface area contributed by atoms with Crippen molar-refractivity contribution >= 4 is 12.0 Å². The Balaban J connectivity index is 1.47. The first-order valence-electron chi connectivity index (χ1n) is 8.02. The topological polar surface area (TPSA) is 36.7 Å². The van der Waals surface area contributed by atoms with Gasteiger partial charge in [0.2, 0.25) is 0 Å². The molecule has 23 heavy (non-hydrogen) atoms. The van der Waals surface area contributed by atoms with Crippen LogP contribution < -0.4 is 0 Å². The second-order valence-electron chi connectivity index (χ2n) is 5.82. The Morgan fingerprint density at radius 2 is 1.83 bits per heavy atom. The Kier molecular flexibility index (Phi) is 4.93. The molecule has 0 spiro atoms. The molecule has 2 heterocycles. The normalized spacial score (nSPS) is 16.1. The number of hydrogen-bond donors (Lipinski definition) is 0. The van der Waals surface area contributed by atoms with Crippen LogP contribution in [-0.2, 0) is 0 Å². The second-order valence-corrected chi connectivity index (χ2v) is 5.82. The molecule has 1 aliphatic rings. The zero-order valence-corrected chi connectivity index (χ0v) is 13.4. The fraction of sp³-hybridized carbons (Fsp3) is 0.316. The Morgan fingerprint density at radius 1 is 1.09 bits per heavy atom. The lowest BCUT2D eigenvalue weighted by Gasteiger charge is -2.33. The Morgan fingerprint density at radius 3 is 2.48 bits per heavy atom. The molecule has 0 aliphatic carbocycles. The highest BCUT2D eigenvalue weighted by molar-refractivity contribution is 5.91. The zero-order valence-electron chi connectivity index (χ0n) is 13.4. The summed E-state index contributed by atoms with van der Waals surface area (Å²) < 4.78 is 5.42. The third-order valence-corrected chi connectivity index (χ3v) is 4.08. The molecular weight excluding hydrogens is 288 g/mol. The van der Waals surface area contributed by atoms with Gasteiger partial charge in [-0.15, -0.1) is 0 Å². The highest BCUT2D eigenvalue weighted by Crippen LogP contribution is 2.12. The molecular formula is C19H22N2O2. The van der Waals surface area contributed by atoms with E-state index in [9.17, 15) is 4.79 Å². The van der Waals surface area contributed by atoms with Gasteiger partial charge in [-0.1, -0.05) is 42.5 Å². The average Bonchev–Trinajstić information content (AvgIpc) is 3.02. The summed E-state index contributed by atoms with van der Waals surface area (Å²) in [4.78, 5) is 16.5. The molecule has 1 aliphatic heterocycles. The van der Waals surface area contributed by atoms with Gasteiger partial charge in [0.05, 0.1) is 0 Å². The van der Waals surface area contributed by atoms with Crippen LogP contribution in [0.5, 0.6) is 0 Å². The van der Waals surface area contributed by atoms with Crippen LogP contribution >= 0.6 is 0 Å². The van der Waals surface area contributed by atoms with Crippen LogP contribution in [0.3, 0.4) is 0 Å². The van der Waals surface area contributed by atoms with E-state index in [2.05, 4.69) is 29.2 Å². The fourth-order valence-corrected chi connectivity index (χ4v) is 2.74. The van der Waals surface area contributed by atoms with Crippen molar-refractivity contribution in [3.8, 4) is 0 Å². The van der Waals surface area contributed by atoms with Crippen molar-refractivity contribution in [1.29, 1.82) is 0 Å². The monoisotopic (exact) mass is 310 g/mol. The van der Waals surface area contributed by atoms with E-state index < -0.39 is 0 Å². The minimum Gasteiger partial charge on any atom is -0.456 e. The van der Waals surface area contributed by atoms with Crippen LogP contribution in [-0.4, -0.2) is 48.4 Å². The Bertz CT molecular complexity index is 668. The van der Waals surface area contributed by atoms with E-state index in [1.54, 1.807) is 6.07 Å². The van der Waals surface area contributed by atoms with Crippen LogP contribution in [0.1, 0.15) is 21.9 Å². The molecule has 3 rings (SSSR count). The number of piperazine rings is 1. The highest BCUT2D eigenvalue weighted by atomic mass is 16.3. The molecule has 1 amide bonds. The number of hydrogen-bond acceptors (Lipinski definition) is 3. The van der Waals surface area contributed by atoms with Gasteiger partial charge in [-0.05, 0) is 24.6 Å². The molecule has 4 nitrogen and oxygen atoms in total. The predicted octanol–water partition coefficient (Wildman–Crippen LogP) is 3.06. The number of carbonyl (C=O) groups is 1. The van der Waals surface area contributed by atoms with E-state index in [4.69, 9.17) is 4.42 Å². The summed E-state index contributed by atoms with van der Waals surface area (Å²) in [6, 6.07) is 13.9. The summed E-state index contributed by atoms with van der Waals surface area (Å²) in [7, 11) is 0. The molecule has 2 aromatic rings. The molecule has 120 valence electrons. The Labute approximate surface area is 137 Å². The van der Waals surface area contributed by atoms with E-state index in [1.807, 2.05) is 36.1 Å². The van der Waals surface area contributed by atoms with Gasteiger partial charge >= 0.3 is 0 Å². The third kappa shape index (κ3) is 4.11. The minimum atomic E-state index is -0.00224. The van der Waals surface area contributed by atoms with Crippen LogP contribution in [0.2, 0.25) is 0 Å². The van der Waals surface area contributed by atoms with Crippen LogP contribution in [0.15, 0.2) is 53.0 Å². The summed E-state index contributed by atoms with van der Waals surface area (Å²) in [5.41, 5.74) is 1.22. The summed E-state index contributed by atoms with van der Waals surface area (Å²) in [6.45, 7) is 6.05. The van der Waals surface area contributed by atoms with Gasteiger partial charge in [0.15, 0.2) is 5.76 Å². The lowest BCUT2D eigenvalue weighted by molar-refractivity contribution is 0.0618. The number of benzene rings is 1. The van der Waals surface area contributed by atoms with E-state index in [0.717, 1.165) is 38.5 Å². The first-order valence-corrected chi connectivity index (χ1v) is 8.02. The van der Waals surface area contributed by atoms with Crippen LogP contribution in [0.4, 0.5) is 0 Å². The van der Waals surface area contributed by atoms with Crippen molar-refractivity contribution in [1.82, 2.24) is 9.80 Å². The number of carbonyl (C=O) groups excluding carboxylic acids is 1. The van der Waals surface area contributed by atoms with E-state index in [0.29, 0.717) is 5.76 Å². The van der Waals surface area contributed by atoms with Gasteiger partial charge < -0.3 is 9.32 Å². The lowest BCUT2D eigenvalue weighted by atomic mass is 10.2. The summed E-state index contributed by atoms with van der Waals surface area (Å²) in [5.74, 6) is 1.22. The maximum absolute atomic E-state index is 12.3. The molecule has 1 aromatic heterocycles. The molecule has 0 atom stereocenters. The number of aryl methyl sites for hydroxylation is 1. The summed E-state index contributed by atoms with van der Waals surface area (Å²) >= 11 is 0. The van der Waals surface area contributed by atoms with E-state index in [1.165, 1.54) is 5.56 Å². The van der Waals surface area contributed by atoms with Gasteiger partial charge in [-0.2, -0.15) is 0 Å². The molecule has 1 aromatic carbocycles. The van der Waals surface area contributed by atoms with Crippen LogP contribution in [0, 0.1) is 6.92 Å². The molecule has 0 unspecified atom stereocenters. The second kappa shape index (κ2) is 7.29. The molecule has 1 saturated heterocycles. The highest BCUT2D eigenvalue weighted by Gasteiger charge is 2.23. The van der Waals surface area contributed by atoms with Gasteiger partial charge in [0, 0.05) is 32.7 Å². The fourth-order valence-electron chi connectivity index (χ4n) is 2.74. The van der Waals surface area contributed by atoms with E-state index >= 15 is 0 Å². The number of rotatable bonds is 4. The largest absolute Gasteiger partial charge is 0.456 e. The molecule has 0 bridgehead atoms. The van der Waals surface area contributed by atoms with Crippen molar-refractivity contribution in [3.05, 3.63) is 65.6 Å². The number of nitrogens with zero attached hydrogens (tertiary/aromatic N) is 2. The molecule has 0 radical (unpaired) electrons. The lowest BCUT2D eigenvalue weighted by Crippen LogP contribution is -2.48.